The maximum absolute atomic E-state index is 13.0. The fraction of sp³-hybridized carbons (Fsp3) is 0.304. The summed E-state index contributed by atoms with van der Waals surface area (Å²) in [4.78, 5) is 27.8. The average molecular weight is 393 g/mol. The lowest BCUT2D eigenvalue weighted by Crippen LogP contribution is -2.40. The molecule has 6 nitrogen and oxygen atoms in total. The Morgan fingerprint density at radius 3 is 2.31 bits per heavy atom. The van der Waals surface area contributed by atoms with Crippen molar-refractivity contribution in [1.29, 1.82) is 0 Å². The first kappa shape index (κ1) is 20.6. The second kappa shape index (κ2) is 8.49. The fourth-order valence-electron chi connectivity index (χ4n) is 3.26. The van der Waals surface area contributed by atoms with Crippen LogP contribution in [0.2, 0.25) is 0 Å². The molecule has 0 bridgehead atoms. The number of aryl methyl sites for hydroxylation is 1. The Kier molecular flexibility index (Phi) is 6.03. The van der Waals surface area contributed by atoms with Crippen molar-refractivity contribution in [2.75, 3.05) is 12.4 Å². The van der Waals surface area contributed by atoms with Crippen LogP contribution in [0.5, 0.6) is 0 Å². The van der Waals surface area contributed by atoms with E-state index in [2.05, 4.69) is 29.6 Å². The third-order valence-electron chi connectivity index (χ3n) is 5.40. The van der Waals surface area contributed by atoms with E-state index < -0.39 is 0 Å². The van der Waals surface area contributed by atoms with Crippen LogP contribution in [0.4, 0.5) is 5.69 Å². The van der Waals surface area contributed by atoms with Crippen LogP contribution in [-0.4, -0.2) is 33.3 Å². The minimum atomic E-state index is -0.388. The predicted molar refractivity (Wildman–Crippen MR) is 116 cm³/mol. The smallest absolute Gasteiger partial charge is 0.295 e. The highest BCUT2D eigenvalue weighted by Gasteiger charge is 2.23. The van der Waals surface area contributed by atoms with Crippen molar-refractivity contribution in [2.24, 2.45) is 7.05 Å². The summed E-state index contributed by atoms with van der Waals surface area (Å²) in [5, 5.41) is 2.85. The summed E-state index contributed by atoms with van der Waals surface area (Å²) in [5.41, 5.74) is 3.89. The summed E-state index contributed by atoms with van der Waals surface area (Å²) in [6.45, 7) is 6.37. The van der Waals surface area contributed by atoms with E-state index in [1.165, 1.54) is 5.56 Å². The van der Waals surface area contributed by atoms with Crippen LogP contribution in [0.15, 0.2) is 59.4 Å². The van der Waals surface area contributed by atoms with Gasteiger partial charge in [-0.05, 0) is 45.5 Å². The van der Waals surface area contributed by atoms with Gasteiger partial charge in [-0.15, -0.1) is 0 Å². The van der Waals surface area contributed by atoms with Crippen molar-refractivity contribution in [1.82, 2.24) is 14.3 Å². The Morgan fingerprint density at radius 1 is 1.07 bits per heavy atom. The molecular weight excluding hydrogens is 364 g/mol. The van der Waals surface area contributed by atoms with Crippen LogP contribution >= 0.6 is 0 Å². The van der Waals surface area contributed by atoms with Gasteiger partial charge in [-0.2, -0.15) is 0 Å². The molecule has 0 radical (unpaired) electrons. The summed E-state index contributed by atoms with van der Waals surface area (Å²) in [6.07, 6.45) is 0. The van der Waals surface area contributed by atoms with Crippen molar-refractivity contribution in [3.05, 3.63) is 81.8 Å². The van der Waals surface area contributed by atoms with Crippen molar-refractivity contribution >= 4 is 11.6 Å². The number of aromatic nitrogens is 2. The molecule has 0 unspecified atom stereocenters. The molecule has 0 aliphatic rings. The quantitative estimate of drug-likeness (QED) is 0.701. The van der Waals surface area contributed by atoms with Gasteiger partial charge < -0.3 is 5.32 Å². The van der Waals surface area contributed by atoms with Crippen LogP contribution in [0.3, 0.4) is 0 Å². The number of carbonyl (C=O) groups is 1. The highest BCUT2D eigenvalue weighted by atomic mass is 16.2. The van der Waals surface area contributed by atoms with E-state index >= 15 is 0 Å². The molecule has 6 heteroatoms. The van der Waals surface area contributed by atoms with E-state index in [9.17, 15) is 9.59 Å². The number of carbonyl (C=O) groups excluding carboxylic acids is 1. The molecule has 1 N–H and O–H groups in total. The number of hydrogen-bond acceptors (Lipinski definition) is 3. The van der Waals surface area contributed by atoms with Gasteiger partial charge in [0.2, 0.25) is 5.91 Å². The van der Waals surface area contributed by atoms with Crippen LogP contribution in [-0.2, 0) is 18.4 Å². The molecule has 1 atom stereocenters. The Hall–Kier alpha value is -3.12. The molecule has 152 valence electrons. The number of hydrogen-bond donors (Lipinski definition) is 1. The van der Waals surface area contributed by atoms with Crippen molar-refractivity contribution in [2.45, 2.75) is 33.4 Å². The third-order valence-corrected chi connectivity index (χ3v) is 5.40. The van der Waals surface area contributed by atoms with Crippen LogP contribution < -0.4 is 10.9 Å². The molecule has 29 heavy (non-hydrogen) atoms. The third kappa shape index (κ3) is 4.32. The Balaban J connectivity index is 1.78. The number of nitrogens with one attached hydrogen (secondary N) is 1. The predicted octanol–water partition coefficient (Wildman–Crippen LogP) is 3.25. The van der Waals surface area contributed by atoms with Gasteiger partial charge in [-0.3, -0.25) is 19.2 Å². The Labute approximate surface area is 171 Å². The van der Waals surface area contributed by atoms with E-state index in [-0.39, 0.29) is 17.5 Å². The standard InChI is InChI=1S/C23H28N4O2/c1-16-11-13-19(14-12-16)15-25(4)18(3)22(28)24-21-17(2)26(5)27(23(21)29)20-9-7-6-8-10-20/h6-14,18H,15H2,1-5H3,(H,24,28)/t18-/m0/s1. The van der Waals surface area contributed by atoms with Crippen molar-refractivity contribution < 1.29 is 4.79 Å². The normalized spacial score (nSPS) is 12.2. The lowest BCUT2D eigenvalue weighted by molar-refractivity contribution is -0.120. The highest BCUT2D eigenvalue weighted by molar-refractivity contribution is 5.94. The molecule has 1 aromatic heterocycles. The number of anilines is 1. The highest BCUT2D eigenvalue weighted by Crippen LogP contribution is 2.15. The molecule has 0 saturated heterocycles. The molecule has 3 aromatic rings. The zero-order chi connectivity index (χ0) is 21.1. The molecule has 1 amide bonds. The molecule has 0 spiro atoms. The fourth-order valence-corrected chi connectivity index (χ4v) is 3.26. The number of para-hydroxylation sites is 1. The van der Waals surface area contributed by atoms with Crippen LogP contribution in [0.25, 0.3) is 5.69 Å². The summed E-state index contributed by atoms with van der Waals surface area (Å²) in [6, 6.07) is 17.3. The zero-order valence-electron chi connectivity index (χ0n) is 17.6. The van der Waals surface area contributed by atoms with Gasteiger partial charge in [0.15, 0.2) is 0 Å². The molecule has 0 aliphatic carbocycles. The van der Waals surface area contributed by atoms with Crippen molar-refractivity contribution in [3.63, 3.8) is 0 Å². The second-order valence-corrected chi connectivity index (χ2v) is 7.50. The number of nitrogens with zero attached hydrogens (tertiary/aromatic N) is 3. The van der Waals surface area contributed by atoms with Crippen LogP contribution in [0.1, 0.15) is 23.7 Å². The molecular formula is C23H28N4O2. The minimum absolute atomic E-state index is 0.203. The number of amides is 1. The van der Waals surface area contributed by atoms with E-state index in [0.717, 1.165) is 11.3 Å². The molecule has 0 fully saturated rings. The molecule has 3 rings (SSSR count). The zero-order valence-corrected chi connectivity index (χ0v) is 17.6. The van der Waals surface area contributed by atoms with Gasteiger partial charge in [-0.1, -0.05) is 48.0 Å². The summed E-state index contributed by atoms with van der Waals surface area (Å²) in [7, 11) is 3.72. The monoisotopic (exact) mass is 392 g/mol. The average Bonchev–Trinajstić information content (AvgIpc) is 2.92. The largest absolute Gasteiger partial charge is 0.319 e. The van der Waals surface area contributed by atoms with Crippen LogP contribution in [0, 0.1) is 13.8 Å². The van der Waals surface area contributed by atoms with Gasteiger partial charge in [0, 0.05) is 13.6 Å². The summed E-state index contributed by atoms with van der Waals surface area (Å²) < 4.78 is 3.32. The molecule has 2 aromatic carbocycles. The lowest BCUT2D eigenvalue weighted by Gasteiger charge is -2.23. The van der Waals surface area contributed by atoms with Gasteiger partial charge in [0.05, 0.1) is 17.4 Å². The molecule has 0 saturated carbocycles. The van der Waals surface area contributed by atoms with Gasteiger partial charge in [-0.25, -0.2) is 4.68 Å². The first-order chi connectivity index (χ1) is 13.8. The Bertz CT molecular complexity index is 1050. The SMILES string of the molecule is Cc1ccc(CN(C)[C@@H](C)C(=O)Nc2c(C)n(C)n(-c3ccccc3)c2=O)cc1. The van der Waals surface area contributed by atoms with Gasteiger partial charge in [0.25, 0.3) is 5.56 Å². The molecule has 1 heterocycles. The lowest BCUT2D eigenvalue weighted by atomic mass is 10.1. The van der Waals surface area contributed by atoms with E-state index in [1.54, 1.807) is 9.36 Å². The molecule has 0 aliphatic heterocycles. The number of rotatable bonds is 6. The Morgan fingerprint density at radius 2 is 1.69 bits per heavy atom. The minimum Gasteiger partial charge on any atom is -0.319 e. The number of benzene rings is 2. The van der Waals surface area contributed by atoms with Gasteiger partial charge >= 0.3 is 0 Å². The van der Waals surface area contributed by atoms with E-state index in [4.69, 9.17) is 0 Å². The number of likely N-dealkylation sites (N-methyl/N-ethyl adjacent to an activating group) is 1. The maximum atomic E-state index is 13.0. The van der Waals surface area contributed by atoms with Gasteiger partial charge in [0.1, 0.15) is 5.69 Å². The van der Waals surface area contributed by atoms with Crippen molar-refractivity contribution in [3.8, 4) is 5.69 Å². The maximum Gasteiger partial charge on any atom is 0.295 e. The first-order valence-corrected chi connectivity index (χ1v) is 9.70. The van der Waals surface area contributed by atoms with E-state index in [0.29, 0.717) is 17.9 Å². The summed E-state index contributed by atoms with van der Waals surface area (Å²) >= 11 is 0. The topological polar surface area (TPSA) is 59.3 Å². The van der Waals surface area contributed by atoms with E-state index in [1.807, 2.05) is 70.1 Å². The summed E-state index contributed by atoms with van der Waals surface area (Å²) in [5.74, 6) is -0.203. The first-order valence-electron chi connectivity index (χ1n) is 9.70. The second-order valence-electron chi connectivity index (χ2n) is 7.50.